The lowest BCUT2D eigenvalue weighted by molar-refractivity contribution is -0.284. The first-order chi connectivity index (χ1) is 8.70. The van der Waals surface area contributed by atoms with Crippen LogP contribution in [-0.2, 0) is 28.9 Å². The molecule has 0 aliphatic carbocycles. The van der Waals surface area contributed by atoms with E-state index in [2.05, 4.69) is 9.47 Å². The van der Waals surface area contributed by atoms with Crippen molar-refractivity contribution < 1.29 is 44.2 Å². The Hall–Kier alpha value is -1.26. The monoisotopic (exact) mass is 279 g/mol. The number of aliphatic hydroxyl groups excluding tert-OH is 2. The van der Waals surface area contributed by atoms with E-state index in [1.807, 2.05) is 0 Å². The number of carbonyl (C=O) groups excluding carboxylic acids is 2. The van der Waals surface area contributed by atoms with Crippen molar-refractivity contribution in [1.29, 1.82) is 0 Å². The summed E-state index contributed by atoms with van der Waals surface area (Å²) >= 11 is 0. The third-order valence-electron chi connectivity index (χ3n) is 2.45. The summed E-state index contributed by atoms with van der Waals surface area (Å²) in [4.78, 5) is 21.7. The molecule has 1 radical (unpaired) electrons. The fraction of sp³-hybridized carbons (Fsp3) is 0.800. The highest BCUT2D eigenvalue weighted by atomic mass is 16.8. The van der Waals surface area contributed by atoms with Crippen LogP contribution in [0.1, 0.15) is 13.8 Å². The zero-order chi connectivity index (χ0) is 14.8. The van der Waals surface area contributed by atoms with Gasteiger partial charge in [-0.3, -0.25) is 9.59 Å². The van der Waals surface area contributed by atoms with E-state index in [0.717, 1.165) is 13.8 Å². The summed E-state index contributed by atoms with van der Waals surface area (Å²) < 4.78 is 14.0. The van der Waals surface area contributed by atoms with Crippen molar-refractivity contribution in [3.63, 3.8) is 0 Å². The molecule has 3 N–H and O–H groups in total. The van der Waals surface area contributed by atoms with Gasteiger partial charge in [0.05, 0.1) is 6.61 Å². The number of hydrogen-bond donors (Lipinski definition) is 3. The highest BCUT2D eigenvalue weighted by molar-refractivity contribution is 5.67. The molecule has 0 saturated carbocycles. The van der Waals surface area contributed by atoms with Gasteiger partial charge in [0, 0.05) is 13.8 Å². The van der Waals surface area contributed by atoms with Gasteiger partial charge in [0.15, 0.2) is 6.10 Å². The van der Waals surface area contributed by atoms with Gasteiger partial charge in [-0.2, -0.15) is 5.11 Å². The van der Waals surface area contributed by atoms with E-state index in [1.165, 1.54) is 0 Å². The van der Waals surface area contributed by atoms with Crippen molar-refractivity contribution in [2.45, 2.75) is 44.2 Å². The molecule has 0 spiro atoms. The quantitative estimate of drug-likeness (QED) is 0.384. The van der Waals surface area contributed by atoms with Crippen molar-refractivity contribution in [2.24, 2.45) is 0 Å². The smallest absolute Gasteiger partial charge is 0.305 e. The van der Waals surface area contributed by atoms with Crippen LogP contribution >= 0.6 is 0 Å². The molecule has 9 heteroatoms. The van der Waals surface area contributed by atoms with Crippen LogP contribution in [0.2, 0.25) is 0 Å². The molecule has 1 fully saturated rings. The van der Waals surface area contributed by atoms with E-state index in [-0.39, 0.29) is 0 Å². The number of carbonyl (C=O) groups is 2. The Morgan fingerprint density at radius 1 is 1.32 bits per heavy atom. The maximum Gasteiger partial charge on any atom is 0.305 e. The Balaban J connectivity index is 2.98. The minimum absolute atomic E-state index is 0.836. The van der Waals surface area contributed by atoms with Gasteiger partial charge < -0.3 is 29.5 Å². The first-order valence-electron chi connectivity index (χ1n) is 5.41. The number of aliphatic hydroxyl groups is 3. The van der Waals surface area contributed by atoms with Gasteiger partial charge in [0.1, 0.15) is 6.10 Å². The normalized spacial score (nSPS) is 30.7. The van der Waals surface area contributed by atoms with Crippen LogP contribution in [0, 0.1) is 0 Å². The molecule has 1 aliphatic heterocycles. The average molecular weight is 279 g/mol. The molecule has 0 amide bonds. The van der Waals surface area contributed by atoms with E-state index in [9.17, 15) is 24.9 Å². The predicted octanol–water partition coefficient (Wildman–Crippen LogP) is -2.32. The van der Waals surface area contributed by atoms with E-state index in [4.69, 9.17) is 9.84 Å². The average Bonchev–Trinajstić information content (AvgIpc) is 2.50. The summed E-state index contributed by atoms with van der Waals surface area (Å²) in [6, 6.07) is 0. The maximum absolute atomic E-state index is 12.0. The second-order valence-electron chi connectivity index (χ2n) is 4.07. The minimum atomic E-state index is -3.06. The number of rotatable bonds is 4. The van der Waals surface area contributed by atoms with Crippen LogP contribution in [0.15, 0.2) is 0 Å². The molecule has 5 atom stereocenters. The Morgan fingerprint density at radius 3 is 2.26 bits per heavy atom. The molecule has 0 bridgehead atoms. The molecule has 19 heavy (non-hydrogen) atoms. The second kappa shape index (κ2) is 5.80. The molecular weight excluding hydrogens is 264 g/mol. The van der Waals surface area contributed by atoms with E-state index in [1.54, 1.807) is 0 Å². The highest BCUT2D eigenvalue weighted by Gasteiger charge is 2.62. The van der Waals surface area contributed by atoms with Gasteiger partial charge in [-0.25, -0.2) is 0 Å². The van der Waals surface area contributed by atoms with Gasteiger partial charge in [-0.05, 0) is 0 Å². The summed E-state index contributed by atoms with van der Waals surface area (Å²) in [5.74, 6) is -4.80. The standard InChI is InChI=1S/C10H15O9/c1-4(12)17-8-9(18-5(2)13)19-7(6(14)3-11)10(8,15)16/h6-9,11,14-15H,3H2,1-2H3/t6-,7-,8+,9?,10+/m1/s1. The van der Waals surface area contributed by atoms with E-state index >= 15 is 0 Å². The van der Waals surface area contributed by atoms with Crippen molar-refractivity contribution >= 4 is 11.9 Å². The Labute approximate surface area is 108 Å². The van der Waals surface area contributed by atoms with Crippen molar-refractivity contribution in [1.82, 2.24) is 0 Å². The van der Waals surface area contributed by atoms with Crippen LogP contribution in [-0.4, -0.2) is 64.3 Å². The SMILES string of the molecule is CC(=O)OC1O[C@H]([C@H](O)CO)[C@@]([O])(O)[C@H]1OC(C)=O. The first-order valence-corrected chi connectivity index (χ1v) is 5.41. The lowest BCUT2D eigenvalue weighted by Crippen LogP contribution is -2.53. The Bertz CT molecular complexity index is 353. The number of esters is 2. The molecule has 0 aromatic carbocycles. The number of hydrogen-bond acceptors (Lipinski definition) is 8. The fourth-order valence-corrected chi connectivity index (χ4v) is 1.70. The highest BCUT2D eigenvalue weighted by Crippen LogP contribution is 2.34. The zero-order valence-electron chi connectivity index (χ0n) is 10.3. The summed E-state index contributed by atoms with van der Waals surface area (Å²) in [6.07, 6.45) is -7.04. The van der Waals surface area contributed by atoms with Crippen molar-refractivity contribution in [2.75, 3.05) is 6.61 Å². The molecule has 1 heterocycles. The molecule has 109 valence electrons. The zero-order valence-corrected chi connectivity index (χ0v) is 10.3. The molecule has 1 rings (SSSR count). The molecule has 0 aromatic heterocycles. The van der Waals surface area contributed by atoms with Crippen molar-refractivity contribution in [3.05, 3.63) is 0 Å². The van der Waals surface area contributed by atoms with Crippen LogP contribution in [0.25, 0.3) is 0 Å². The summed E-state index contributed by atoms with van der Waals surface area (Å²) in [5.41, 5.74) is 0. The molecule has 0 aromatic rings. The Morgan fingerprint density at radius 2 is 1.84 bits per heavy atom. The molecular formula is C10H15O9. The molecule has 9 nitrogen and oxygen atoms in total. The summed E-state index contributed by atoms with van der Waals surface area (Å²) in [6.45, 7) is 1.14. The molecule has 1 aliphatic rings. The Kier molecular flexibility index (Phi) is 4.82. The van der Waals surface area contributed by atoms with Crippen LogP contribution in [0.3, 0.4) is 0 Å². The van der Waals surface area contributed by atoms with E-state index in [0.29, 0.717) is 0 Å². The van der Waals surface area contributed by atoms with Crippen LogP contribution < -0.4 is 0 Å². The minimum Gasteiger partial charge on any atom is -0.450 e. The van der Waals surface area contributed by atoms with Crippen molar-refractivity contribution in [3.8, 4) is 0 Å². The first kappa shape index (κ1) is 15.8. The van der Waals surface area contributed by atoms with Gasteiger partial charge in [-0.1, -0.05) is 0 Å². The van der Waals surface area contributed by atoms with Gasteiger partial charge in [0.2, 0.25) is 12.4 Å². The van der Waals surface area contributed by atoms with E-state index < -0.39 is 48.9 Å². The summed E-state index contributed by atoms with van der Waals surface area (Å²) in [7, 11) is 0. The molecule has 1 unspecified atom stereocenters. The predicted molar refractivity (Wildman–Crippen MR) is 54.7 cm³/mol. The molecule has 1 saturated heterocycles. The lowest BCUT2D eigenvalue weighted by Gasteiger charge is -2.26. The van der Waals surface area contributed by atoms with Crippen LogP contribution in [0.4, 0.5) is 0 Å². The third kappa shape index (κ3) is 3.39. The van der Waals surface area contributed by atoms with Gasteiger partial charge >= 0.3 is 11.9 Å². The number of ether oxygens (including phenoxy) is 3. The fourth-order valence-electron chi connectivity index (χ4n) is 1.70. The van der Waals surface area contributed by atoms with Gasteiger partial charge in [0.25, 0.3) is 5.79 Å². The van der Waals surface area contributed by atoms with Gasteiger partial charge in [-0.15, -0.1) is 0 Å². The third-order valence-corrected chi connectivity index (χ3v) is 2.45. The summed E-state index contributed by atoms with van der Waals surface area (Å²) in [5, 5.41) is 39.9. The topological polar surface area (TPSA) is 142 Å². The second-order valence-corrected chi connectivity index (χ2v) is 4.07. The maximum atomic E-state index is 12.0. The lowest BCUT2D eigenvalue weighted by atomic mass is 10.0. The largest absolute Gasteiger partial charge is 0.450 e. The van der Waals surface area contributed by atoms with Crippen LogP contribution in [0.5, 0.6) is 0 Å².